The number of aromatic nitrogens is 2. The molecule has 0 bridgehead atoms. The van der Waals surface area contributed by atoms with Crippen molar-refractivity contribution in [2.75, 3.05) is 25.0 Å². The van der Waals surface area contributed by atoms with Crippen molar-refractivity contribution in [3.8, 4) is 0 Å². The second-order valence-electron chi connectivity index (χ2n) is 5.26. The van der Waals surface area contributed by atoms with E-state index in [-0.39, 0.29) is 0 Å². The van der Waals surface area contributed by atoms with Crippen molar-refractivity contribution in [1.29, 1.82) is 0 Å². The molecule has 0 aliphatic carbocycles. The Morgan fingerprint density at radius 2 is 2.32 bits per heavy atom. The third kappa shape index (κ3) is 2.58. The molecule has 1 aliphatic rings. The van der Waals surface area contributed by atoms with Gasteiger partial charge in [0.25, 0.3) is 0 Å². The summed E-state index contributed by atoms with van der Waals surface area (Å²) in [7, 11) is 0. The Morgan fingerprint density at radius 1 is 1.42 bits per heavy atom. The van der Waals surface area contributed by atoms with Crippen LogP contribution in [-0.4, -0.2) is 29.6 Å². The maximum atomic E-state index is 4.41. The molecule has 1 saturated heterocycles. The molecule has 0 aromatic carbocycles. The summed E-state index contributed by atoms with van der Waals surface area (Å²) < 4.78 is 0. The van der Waals surface area contributed by atoms with E-state index in [1.807, 2.05) is 0 Å². The van der Waals surface area contributed by atoms with E-state index in [2.05, 4.69) is 34.4 Å². The van der Waals surface area contributed by atoms with Crippen LogP contribution in [0, 0.1) is 19.8 Å². The van der Waals surface area contributed by atoms with E-state index in [4.69, 9.17) is 0 Å². The van der Waals surface area contributed by atoms with E-state index in [0.717, 1.165) is 29.7 Å². The van der Waals surface area contributed by atoms with Crippen molar-refractivity contribution in [3.05, 3.63) is 16.8 Å². The van der Waals surface area contributed by atoms with Gasteiger partial charge in [-0.15, -0.1) is 11.3 Å². The summed E-state index contributed by atoms with van der Waals surface area (Å²) >= 11 is 1.75. The molecule has 0 spiro atoms. The Hall–Kier alpha value is -1.20. The Morgan fingerprint density at radius 3 is 3.11 bits per heavy atom. The minimum Gasteiger partial charge on any atom is -0.369 e. The number of hydrogen-bond donors (Lipinski definition) is 2. The highest BCUT2D eigenvalue weighted by Crippen LogP contribution is 2.32. The van der Waals surface area contributed by atoms with Crippen molar-refractivity contribution in [3.63, 3.8) is 0 Å². The molecule has 0 saturated carbocycles. The largest absolute Gasteiger partial charge is 0.369 e. The predicted octanol–water partition coefficient (Wildman–Crippen LogP) is 2.72. The molecule has 0 radical (unpaired) electrons. The first-order valence-corrected chi connectivity index (χ1v) is 7.72. The van der Waals surface area contributed by atoms with Gasteiger partial charge in [0.15, 0.2) is 0 Å². The lowest BCUT2D eigenvalue weighted by atomic mass is 10.1. The number of thiophene rings is 1. The summed E-state index contributed by atoms with van der Waals surface area (Å²) in [6, 6.07) is 0. The van der Waals surface area contributed by atoms with Crippen LogP contribution in [0.5, 0.6) is 0 Å². The number of nitrogens with zero attached hydrogens (tertiary/aromatic N) is 2. The highest BCUT2D eigenvalue weighted by Gasteiger charge is 2.15. The highest BCUT2D eigenvalue weighted by molar-refractivity contribution is 7.18. The van der Waals surface area contributed by atoms with Gasteiger partial charge in [0.2, 0.25) is 0 Å². The molecular weight excluding hydrogens is 256 g/mol. The molecule has 1 unspecified atom stereocenters. The van der Waals surface area contributed by atoms with Gasteiger partial charge in [-0.1, -0.05) is 0 Å². The van der Waals surface area contributed by atoms with Crippen LogP contribution in [0.3, 0.4) is 0 Å². The molecule has 1 fully saturated rings. The first-order chi connectivity index (χ1) is 9.25. The zero-order chi connectivity index (χ0) is 13.2. The lowest BCUT2D eigenvalue weighted by molar-refractivity contribution is 0.549. The SMILES string of the molecule is Cc1sc2ncnc(NCCC3CCNC3)c2c1C. The van der Waals surface area contributed by atoms with Crippen LogP contribution in [0.15, 0.2) is 6.33 Å². The fourth-order valence-electron chi connectivity index (χ4n) is 2.67. The standard InChI is InChI=1S/C14H20N4S/c1-9-10(2)19-14-12(9)13(17-8-18-14)16-6-4-11-3-5-15-7-11/h8,11,15H,3-7H2,1-2H3,(H,16,17,18). The molecule has 2 aromatic heterocycles. The second kappa shape index (κ2) is 5.43. The van der Waals surface area contributed by atoms with Crippen molar-refractivity contribution in [2.45, 2.75) is 26.7 Å². The van der Waals surface area contributed by atoms with Gasteiger partial charge >= 0.3 is 0 Å². The number of rotatable bonds is 4. The van der Waals surface area contributed by atoms with E-state index in [1.54, 1.807) is 17.7 Å². The molecule has 19 heavy (non-hydrogen) atoms. The van der Waals surface area contributed by atoms with E-state index < -0.39 is 0 Å². The zero-order valence-electron chi connectivity index (χ0n) is 11.5. The minimum atomic E-state index is 0.815. The van der Waals surface area contributed by atoms with Crippen LogP contribution in [-0.2, 0) is 0 Å². The first kappa shape index (κ1) is 12.8. The average molecular weight is 276 g/mol. The summed E-state index contributed by atoms with van der Waals surface area (Å²) in [5.74, 6) is 1.81. The lowest BCUT2D eigenvalue weighted by Crippen LogP contribution is -2.13. The number of anilines is 1. The highest BCUT2D eigenvalue weighted by atomic mass is 32.1. The zero-order valence-corrected chi connectivity index (χ0v) is 12.3. The third-order valence-corrected chi connectivity index (χ3v) is 5.09. The number of nitrogens with one attached hydrogen (secondary N) is 2. The molecule has 3 rings (SSSR count). The van der Waals surface area contributed by atoms with Crippen LogP contribution >= 0.6 is 11.3 Å². The van der Waals surface area contributed by atoms with Gasteiger partial charge in [-0.05, 0) is 51.3 Å². The normalized spacial score (nSPS) is 19.2. The summed E-state index contributed by atoms with van der Waals surface area (Å²) in [5.41, 5.74) is 1.31. The summed E-state index contributed by atoms with van der Waals surface area (Å²) in [6.45, 7) is 7.63. The monoisotopic (exact) mass is 276 g/mol. The van der Waals surface area contributed by atoms with E-state index in [0.29, 0.717) is 0 Å². The number of fused-ring (bicyclic) bond motifs is 1. The molecule has 5 heteroatoms. The molecule has 3 heterocycles. The Kier molecular flexibility index (Phi) is 3.66. The van der Waals surface area contributed by atoms with Crippen molar-refractivity contribution >= 4 is 27.4 Å². The molecule has 2 aromatic rings. The van der Waals surface area contributed by atoms with Crippen LogP contribution in [0.4, 0.5) is 5.82 Å². The van der Waals surface area contributed by atoms with Crippen LogP contribution in [0.2, 0.25) is 0 Å². The van der Waals surface area contributed by atoms with Crippen LogP contribution < -0.4 is 10.6 Å². The second-order valence-corrected chi connectivity index (χ2v) is 6.46. The number of hydrogen-bond acceptors (Lipinski definition) is 5. The van der Waals surface area contributed by atoms with Gasteiger partial charge in [-0.25, -0.2) is 9.97 Å². The Labute approximate surface area is 117 Å². The van der Waals surface area contributed by atoms with Gasteiger partial charge in [0.05, 0.1) is 5.39 Å². The van der Waals surface area contributed by atoms with Crippen molar-refractivity contribution in [1.82, 2.24) is 15.3 Å². The summed E-state index contributed by atoms with van der Waals surface area (Å²) in [6.07, 6.45) is 4.18. The average Bonchev–Trinajstić information content (AvgIpc) is 3.00. The van der Waals surface area contributed by atoms with Crippen LogP contribution in [0.25, 0.3) is 10.2 Å². The molecule has 4 nitrogen and oxygen atoms in total. The summed E-state index contributed by atoms with van der Waals surface area (Å²) in [4.78, 5) is 11.2. The minimum absolute atomic E-state index is 0.815. The molecular formula is C14H20N4S. The van der Waals surface area contributed by atoms with Gasteiger partial charge in [-0.3, -0.25) is 0 Å². The molecule has 1 atom stereocenters. The molecule has 0 amide bonds. The van der Waals surface area contributed by atoms with E-state index in [1.165, 1.54) is 35.2 Å². The maximum Gasteiger partial charge on any atom is 0.138 e. The Balaban J connectivity index is 1.73. The topological polar surface area (TPSA) is 49.8 Å². The van der Waals surface area contributed by atoms with Crippen molar-refractivity contribution in [2.24, 2.45) is 5.92 Å². The Bertz CT molecular complexity index is 572. The van der Waals surface area contributed by atoms with Crippen molar-refractivity contribution < 1.29 is 0 Å². The first-order valence-electron chi connectivity index (χ1n) is 6.91. The van der Waals surface area contributed by atoms with E-state index >= 15 is 0 Å². The number of aryl methyl sites for hydroxylation is 2. The predicted molar refractivity (Wildman–Crippen MR) is 81.0 cm³/mol. The van der Waals surface area contributed by atoms with Gasteiger partial charge in [0.1, 0.15) is 17.0 Å². The molecule has 1 aliphatic heterocycles. The van der Waals surface area contributed by atoms with Gasteiger partial charge < -0.3 is 10.6 Å². The van der Waals surface area contributed by atoms with Gasteiger partial charge in [0, 0.05) is 11.4 Å². The fourth-order valence-corrected chi connectivity index (χ4v) is 3.67. The maximum absolute atomic E-state index is 4.41. The third-order valence-electron chi connectivity index (χ3n) is 3.97. The smallest absolute Gasteiger partial charge is 0.138 e. The fraction of sp³-hybridized carbons (Fsp3) is 0.571. The lowest BCUT2D eigenvalue weighted by Gasteiger charge is -2.10. The van der Waals surface area contributed by atoms with E-state index in [9.17, 15) is 0 Å². The van der Waals surface area contributed by atoms with Gasteiger partial charge in [-0.2, -0.15) is 0 Å². The molecule has 102 valence electrons. The molecule has 2 N–H and O–H groups in total. The summed E-state index contributed by atoms with van der Waals surface area (Å²) in [5, 5.41) is 8.11. The van der Waals surface area contributed by atoms with Crippen LogP contribution in [0.1, 0.15) is 23.3 Å². The quantitative estimate of drug-likeness (QED) is 0.901.